The minimum atomic E-state index is -0.504. The Balaban J connectivity index is 1.81. The van der Waals surface area contributed by atoms with Gasteiger partial charge in [-0.3, -0.25) is 4.79 Å². The van der Waals surface area contributed by atoms with Gasteiger partial charge >= 0.3 is 0 Å². The normalized spacial score (nSPS) is 19.0. The number of hydrogen-bond acceptors (Lipinski definition) is 3. The Morgan fingerprint density at radius 2 is 1.96 bits per heavy atom. The second-order valence-corrected chi connectivity index (χ2v) is 9.39. The molecule has 1 heterocycles. The lowest BCUT2D eigenvalue weighted by atomic mass is 9.97. The minimum Gasteiger partial charge on any atom is -0.497 e. The van der Waals surface area contributed by atoms with Gasteiger partial charge in [0, 0.05) is 28.1 Å². The first kappa shape index (κ1) is 21.4. The fourth-order valence-electron chi connectivity index (χ4n) is 3.60. The van der Waals surface area contributed by atoms with Crippen molar-refractivity contribution in [2.24, 2.45) is 0 Å². The maximum atomic E-state index is 13.2. The quantitative estimate of drug-likeness (QED) is 0.528. The van der Waals surface area contributed by atoms with E-state index < -0.39 is 11.7 Å². The zero-order valence-electron chi connectivity index (χ0n) is 16.6. The van der Waals surface area contributed by atoms with E-state index in [9.17, 15) is 4.79 Å². The molecule has 0 spiro atoms. The molecule has 1 aliphatic heterocycles. The third kappa shape index (κ3) is 4.99. The molecule has 1 amide bonds. The lowest BCUT2D eigenvalue weighted by molar-refractivity contribution is -0.177. The smallest absolute Gasteiger partial charge is 0.252 e. The van der Waals surface area contributed by atoms with Crippen molar-refractivity contribution < 1.29 is 14.3 Å². The number of carbonyl (C=O) groups is 1. The van der Waals surface area contributed by atoms with Crippen LogP contribution in [0.15, 0.2) is 36.4 Å². The molecular formula is C22H25ClINO3. The first-order valence-electron chi connectivity index (χ1n) is 9.22. The van der Waals surface area contributed by atoms with Crippen LogP contribution in [-0.2, 0) is 22.5 Å². The molecule has 0 aromatic heterocycles. The molecule has 2 aromatic rings. The number of nitrogens with zero attached hydrogens (tertiary/aromatic N) is 1. The highest BCUT2D eigenvalue weighted by Crippen LogP contribution is 2.29. The molecule has 1 saturated heterocycles. The van der Waals surface area contributed by atoms with E-state index in [1.165, 1.54) is 0 Å². The van der Waals surface area contributed by atoms with E-state index in [4.69, 9.17) is 21.1 Å². The van der Waals surface area contributed by atoms with Crippen molar-refractivity contribution in [2.75, 3.05) is 13.7 Å². The van der Waals surface area contributed by atoms with Gasteiger partial charge in [0.05, 0.1) is 12.7 Å². The van der Waals surface area contributed by atoms with Crippen molar-refractivity contribution in [3.63, 3.8) is 0 Å². The highest BCUT2D eigenvalue weighted by atomic mass is 127. The molecule has 1 unspecified atom stereocenters. The average molecular weight is 514 g/mol. The number of halogens is 2. The summed E-state index contributed by atoms with van der Waals surface area (Å²) in [5.41, 5.74) is 2.86. The van der Waals surface area contributed by atoms with Gasteiger partial charge in [0.1, 0.15) is 11.9 Å². The van der Waals surface area contributed by atoms with Crippen LogP contribution in [0.3, 0.4) is 0 Å². The predicted molar refractivity (Wildman–Crippen MR) is 120 cm³/mol. The van der Waals surface area contributed by atoms with E-state index in [1.54, 1.807) is 7.11 Å². The lowest BCUT2D eigenvalue weighted by Crippen LogP contribution is -2.56. The van der Waals surface area contributed by atoms with Crippen LogP contribution >= 0.6 is 34.2 Å². The summed E-state index contributed by atoms with van der Waals surface area (Å²) < 4.78 is 12.5. The molecular weight excluding hydrogens is 489 g/mol. The summed E-state index contributed by atoms with van der Waals surface area (Å²) in [5.74, 6) is 0.836. The standard InChI is InChI=1S/C22H25ClINO3/c1-14-9-16(23)10-19(24)18(14)11-20-21(26)25(13-22(2,3)28-20)12-15-5-7-17(27-4)8-6-15/h5-10,20H,11-13H2,1-4H3. The van der Waals surface area contributed by atoms with Gasteiger partial charge in [-0.1, -0.05) is 23.7 Å². The van der Waals surface area contributed by atoms with Crippen LogP contribution in [0, 0.1) is 10.5 Å². The zero-order valence-corrected chi connectivity index (χ0v) is 19.5. The topological polar surface area (TPSA) is 38.8 Å². The number of hydrogen-bond donors (Lipinski definition) is 0. The number of aryl methyl sites for hydroxylation is 1. The predicted octanol–water partition coefficient (Wildman–Crippen LogP) is 5.01. The van der Waals surface area contributed by atoms with Crippen LogP contribution in [0.5, 0.6) is 5.75 Å². The van der Waals surface area contributed by atoms with E-state index in [1.807, 2.05) is 62.1 Å². The summed E-state index contributed by atoms with van der Waals surface area (Å²) in [6.07, 6.45) is 0.0400. The molecule has 0 aliphatic carbocycles. The number of rotatable bonds is 5. The molecule has 6 heteroatoms. The molecule has 0 saturated carbocycles. The number of benzene rings is 2. The first-order valence-corrected chi connectivity index (χ1v) is 10.7. The number of morpholine rings is 1. The Hall–Kier alpha value is -1.31. The summed E-state index contributed by atoms with van der Waals surface area (Å²) in [4.78, 5) is 15.1. The van der Waals surface area contributed by atoms with Gasteiger partial charge in [0.2, 0.25) is 0 Å². The van der Waals surface area contributed by atoms with Crippen molar-refractivity contribution in [3.8, 4) is 5.75 Å². The number of methoxy groups -OCH3 is 1. The maximum Gasteiger partial charge on any atom is 0.252 e. The zero-order chi connectivity index (χ0) is 20.5. The number of amides is 1. The highest BCUT2D eigenvalue weighted by molar-refractivity contribution is 14.1. The molecule has 3 rings (SSSR count). The van der Waals surface area contributed by atoms with Gasteiger partial charge in [-0.15, -0.1) is 0 Å². The highest BCUT2D eigenvalue weighted by Gasteiger charge is 2.39. The molecule has 1 atom stereocenters. The number of carbonyl (C=O) groups excluding carboxylic acids is 1. The van der Waals surface area contributed by atoms with Crippen molar-refractivity contribution in [3.05, 3.63) is 61.7 Å². The van der Waals surface area contributed by atoms with Crippen LogP contribution in [0.4, 0.5) is 0 Å². The van der Waals surface area contributed by atoms with E-state index in [0.717, 1.165) is 26.0 Å². The largest absolute Gasteiger partial charge is 0.497 e. The van der Waals surface area contributed by atoms with Gasteiger partial charge in [-0.05, 0) is 84.3 Å². The van der Waals surface area contributed by atoms with Gasteiger partial charge in [0.25, 0.3) is 5.91 Å². The third-order valence-corrected chi connectivity index (χ3v) is 6.11. The summed E-state index contributed by atoms with van der Waals surface area (Å²) in [6, 6.07) is 11.7. The van der Waals surface area contributed by atoms with Gasteiger partial charge in [-0.2, -0.15) is 0 Å². The van der Waals surface area contributed by atoms with Crippen molar-refractivity contribution in [2.45, 2.75) is 45.4 Å². The summed E-state index contributed by atoms with van der Waals surface area (Å²) >= 11 is 8.43. The third-order valence-electron chi connectivity index (χ3n) is 4.93. The van der Waals surface area contributed by atoms with Crippen LogP contribution in [0.1, 0.15) is 30.5 Å². The Labute approximate surface area is 185 Å². The maximum absolute atomic E-state index is 13.2. The minimum absolute atomic E-state index is 0.0280. The molecule has 1 fully saturated rings. The Bertz CT molecular complexity index is 844. The summed E-state index contributed by atoms with van der Waals surface area (Å²) in [7, 11) is 1.65. The second-order valence-electron chi connectivity index (χ2n) is 7.80. The van der Waals surface area contributed by atoms with Crippen LogP contribution in [0.25, 0.3) is 0 Å². The first-order chi connectivity index (χ1) is 13.2. The fourth-order valence-corrected chi connectivity index (χ4v) is 5.04. The van der Waals surface area contributed by atoms with Gasteiger partial charge in [-0.25, -0.2) is 0 Å². The monoisotopic (exact) mass is 513 g/mol. The van der Waals surface area contributed by atoms with E-state index >= 15 is 0 Å². The molecule has 2 aromatic carbocycles. The van der Waals surface area contributed by atoms with E-state index in [2.05, 4.69) is 22.6 Å². The molecule has 0 bridgehead atoms. The molecule has 1 aliphatic rings. The van der Waals surface area contributed by atoms with Crippen molar-refractivity contribution in [1.82, 2.24) is 4.90 Å². The van der Waals surface area contributed by atoms with Crippen LogP contribution in [0.2, 0.25) is 5.02 Å². The van der Waals surface area contributed by atoms with Crippen molar-refractivity contribution in [1.29, 1.82) is 0 Å². The van der Waals surface area contributed by atoms with Crippen LogP contribution < -0.4 is 4.74 Å². The Morgan fingerprint density at radius 3 is 2.57 bits per heavy atom. The van der Waals surface area contributed by atoms with E-state index in [-0.39, 0.29) is 5.91 Å². The Morgan fingerprint density at radius 1 is 1.29 bits per heavy atom. The number of ether oxygens (including phenoxy) is 2. The molecule has 0 N–H and O–H groups in total. The SMILES string of the molecule is COc1ccc(CN2CC(C)(C)OC(Cc3c(C)cc(Cl)cc3I)C2=O)cc1. The van der Waals surface area contributed by atoms with Gasteiger partial charge < -0.3 is 14.4 Å². The second kappa shape index (κ2) is 8.59. The molecule has 150 valence electrons. The lowest BCUT2D eigenvalue weighted by Gasteiger charge is -2.42. The molecule has 28 heavy (non-hydrogen) atoms. The fraction of sp³-hybridized carbons (Fsp3) is 0.409. The Kier molecular flexibility index (Phi) is 6.57. The average Bonchev–Trinajstić information content (AvgIpc) is 2.62. The molecule has 0 radical (unpaired) electrons. The van der Waals surface area contributed by atoms with Crippen LogP contribution in [-0.4, -0.2) is 36.2 Å². The van der Waals surface area contributed by atoms with E-state index in [0.29, 0.717) is 24.5 Å². The van der Waals surface area contributed by atoms with Crippen molar-refractivity contribution >= 4 is 40.1 Å². The summed E-state index contributed by atoms with van der Waals surface area (Å²) in [6.45, 7) is 7.21. The van der Waals surface area contributed by atoms with Gasteiger partial charge in [0.15, 0.2) is 0 Å². The summed E-state index contributed by atoms with van der Waals surface area (Å²) in [5, 5.41) is 0.711. The molecule has 4 nitrogen and oxygen atoms in total.